The van der Waals surface area contributed by atoms with Crippen LogP contribution in [0.2, 0.25) is 5.02 Å². The number of hydrogen-bond acceptors (Lipinski definition) is 4. The average Bonchev–Trinajstić information content (AvgIpc) is 2.85. The first-order chi connectivity index (χ1) is 9.16. The molecule has 0 aliphatic heterocycles. The molecule has 0 saturated carbocycles. The van der Waals surface area contributed by atoms with E-state index in [1.165, 1.54) is 6.07 Å². The van der Waals surface area contributed by atoms with E-state index < -0.39 is 7.12 Å². The maximum absolute atomic E-state index is 9.32. The fourth-order valence-electron chi connectivity index (χ4n) is 1.90. The third-order valence-electron chi connectivity index (χ3n) is 2.82. The molecule has 0 radical (unpaired) electrons. The fraction of sp³-hybridized carbons (Fsp3) is 0. The van der Waals surface area contributed by atoms with Gasteiger partial charge in [-0.2, -0.15) is 0 Å². The molecule has 0 aliphatic carbocycles. The second-order valence-corrected chi connectivity index (χ2v) is 4.48. The zero-order chi connectivity index (χ0) is 13.4. The van der Waals surface area contributed by atoms with Gasteiger partial charge in [-0.05, 0) is 18.2 Å². The predicted octanol–water partition coefficient (Wildman–Crippen LogP) is 1.83. The summed E-state index contributed by atoms with van der Waals surface area (Å²) in [5.74, 6) is 0.394. The fourth-order valence-corrected chi connectivity index (χ4v) is 2.09. The van der Waals surface area contributed by atoms with Crippen molar-refractivity contribution in [3.63, 3.8) is 0 Å². The molecule has 0 saturated heterocycles. The Bertz CT molecular complexity index is 727. The molecule has 0 aliphatic rings. The summed E-state index contributed by atoms with van der Waals surface area (Å²) < 4.78 is 5.61. The number of benzene rings is 2. The Morgan fingerprint density at radius 2 is 1.79 bits per heavy atom. The molecule has 0 amide bonds. The summed E-state index contributed by atoms with van der Waals surface area (Å²) in [5.41, 5.74) is 1.76. The van der Waals surface area contributed by atoms with E-state index >= 15 is 0 Å². The van der Waals surface area contributed by atoms with Crippen LogP contribution in [0.4, 0.5) is 0 Å². The predicted molar refractivity (Wildman–Crippen MR) is 74.3 cm³/mol. The SMILES string of the molecule is OB(O)c1ccc(Cl)c2nc(-c3ccccc3)oc12. The van der Waals surface area contributed by atoms with Gasteiger partial charge in [0.05, 0.1) is 5.02 Å². The summed E-state index contributed by atoms with van der Waals surface area (Å²) in [4.78, 5) is 4.30. The first-order valence-electron chi connectivity index (χ1n) is 5.67. The van der Waals surface area contributed by atoms with Crippen LogP contribution in [0.25, 0.3) is 22.6 Å². The minimum atomic E-state index is -1.63. The molecule has 0 atom stereocenters. The number of rotatable bonds is 2. The molecule has 2 aromatic carbocycles. The Hall–Kier alpha value is -1.82. The topological polar surface area (TPSA) is 66.5 Å². The van der Waals surface area contributed by atoms with E-state index in [0.717, 1.165) is 5.56 Å². The summed E-state index contributed by atoms with van der Waals surface area (Å²) in [6, 6.07) is 12.4. The standard InChI is InChI=1S/C13H9BClNO3/c15-10-7-6-9(14(17)18)12-11(10)16-13(19-12)8-4-2-1-3-5-8/h1-7,17-18H. The van der Waals surface area contributed by atoms with Gasteiger partial charge >= 0.3 is 7.12 Å². The summed E-state index contributed by atoms with van der Waals surface area (Å²) in [6.45, 7) is 0. The molecule has 0 bridgehead atoms. The van der Waals surface area contributed by atoms with E-state index in [1.807, 2.05) is 30.3 Å². The number of fused-ring (bicyclic) bond motifs is 1. The third-order valence-corrected chi connectivity index (χ3v) is 3.13. The molecule has 0 fully saturated rings. The highest BCUT2D eigenvalue weighted by Gasteiger charge is 2.21. The zero-order valence-corrected chi connectivity index (χ0v) is 10.5. The molecule has 3 aromatic rings. The van der Waals surface area contributed by atoms with Crippen LogP contribution in [-0.4, -0.2) is 22.2 Å². The van der Waals surface area contributed by atoms with Gasteiger partial charge < -0.3 is 14.5 Å². The minimum Gasteiger partial charge on any atom is -0.436 e. The lowest BCUT2D eigenvalue weighted by molar-refractivity contribution is 0.425. The molecular weight excluding hydrogens is 264 g/mol. The van der Waals surface area contributed by atoms with Crippen molar-refractivity contribution in [3.8, 4) is 11.5 Å². The molecule has 1 aromatic heterocycles. The van der Waals surface area contributed by atoms with Crippen LogP contribution < -0.4 is 5.46 Å². The van der Waals surface area contributed by atoms with Crippen molar-refractivity contribution >= 4 is 35.3 Å². The van der Waals surface area contributed by atoms with Crippen molar-refractivity contribution in [3.05, 3.63) is 47.5 Å². The van der Waals surface area contributed by atoms with Crippen molar-refractivity contribution in [1.29, 1.82) is 0 Å². The van der Waals surface area contributed by atoms with Crippen molar-refractivity contribution in [2.75, 3.05) is 0 Å². The normalized spacial score (nSPS) is 10.9. The molecule has 3 rings (SSSR count). The summed E-state index contributed by atoms with van der Waals surface area (Å²) in [7, 11) is -1.63. The van der Waals surface area contributed by atoms with Crippen LogP contribution in [0.1, 0.15) is 0 Å². The van der Waals surface area contributed by atoms with Gasteiger partial charge in [-0.1, -0.05) is 35.9 Å². The molecule has 1 heterocycles. The van der Waals surface area contributed by atoms with Gasteiger partial charge in [-0.25, -0.2) is 4.98 Å². The highest BCUT2D eigenvalue weighted by molar-refractivity contribution is 6.61. The largest absolute Gasteiger partial charge is 0.492 e. The van der Waals surface area contributed by atoms with Crippen molar-refractivity contribution in [2.24, 2.45) is 0 Å². The molecule has 19 heavy (non-hydrogen) atoms. The molecule has 0 unspecified atom stereocenters. The smallest absolute Gasteiger partial charge is 0.436 e. The van der Waals surface area contributed by atoms with Crippen LogP contribution in [0, 0.1) is 0 Å². The average molecular weight is 273 g/mol. The summed E-state index contributed by atoms with van der Waals surface area (Å²) in [5, 5.41) is 19.0. The third kappa shape index (κ3) is 2.12. The molecule has 94 valence electrons. The van der Waals surface area contributed by atoms with E-state index in [-0.39, 0.29) is 5.46 Å². The first kappa shape index (κ1) is 12.2. The second-order valence-electron chi connectivity index (χ2n) is 4.07. The van der Waals surface area contributed by atoms with Gasteiger partial charge in [0.25, 0.3) is 0 Å². The number of oxazole rings is 1. The maximum Gasteiger partial charge on any atom is 0.492 e. The lowest BCUT2D eigenvalue weighted by Crippen LogP contribution is -2.30. The number of nitrogens with zero attached hydrogens (tertiary/aromatic N) is 1. The van der Waals surface area contributed by atoms with E-state index in [4.69, 9.17) is 16.0 Å². The minimum absolute atomic E-state index is 0.245. The van der Waals surface area contributed by atoms with Crippen LogP contribution in [0.15, 0.2) is 46.9 Å². The van der Waals surface area contributed by atoms with Crippen molar-refractivity contribution in [1.82, 2.24) is 4.98 Å². The Labute approximate surface area is 114 Å². The molecule has 4 nitrogen and oxygen atoms in total. The molecule has 2 N–H and O–H groups in total. The summed E-state index contributed by atoms with van der Waals surface area (Å²) >= 11 is 6.05. The quantitative estimate of drug-likeness (QED) is 0.699. The Balaban J connectivity index is 2.26. The van der Waals surface area contributed by atoms with Gasteiger partial charge in [0, 0.05) is 11.0 Å². The summed E-state index contributed by atoms with van der Waals surface area (Å²) in [6.07, 6.45) is 0. The highest BCUT2D eigenvalue weighted by Crippen LogP contribution is 2.27. The van der Waals surface area contributed by atoms with Gasteiger partial charge in [0.15, 0.2) is 5.58 Å². The van der Waals surface area contributed by atoms with E-state index in [2.05, 4.69) is 4.98 Å². The van der Waals surface area contributed by atoms with E-state index in [0.29, 0.717) is 22.0 Å². The van der Waals surface area contributed by atoms with Crippen LogP contribution in [0.5, 0.6) is 0 Å². The van der Waals surface area contributed by atoms with Gasteiger partial charge in [0.2, 0.25) is 5.89 Å². The number of aromatic nitrogens is 1. The lowest BCUT2D eigenvalue weighted by Gasteiger charge is -1.99. The van der Waals surface area contributed by atoms with Crippen molar-refractivity contribution in [2.45, 2.75) is 0 Å². The Kier molecular flexibility index (Phi) is 3.02. The monoisotopic (exact) mass is 273 g/mol. The van der Waals surface area contributed by atoms with Crippen LogP contribution >= 0.6 is 11.6 Å². The van der Waals surface area contributed by atoms with E-state index in [1.54, 1.807) is 6.07 Å². The second kappa shape index (κ2) is 4.70. The lowest BCUT2D eigenvalue weighted by atomic mass is 9.80. The molecule has 0 spiro atoms. The van der Waals surface area contributed by atoms with Crippen LogP contribution in [-0.2, 0) is 0 Å². The van der Waals surface area contributed by atoms with E-state index in [9.17, 15) is 10.0 Å². The first-order valence-corrected chi connectivity index (χ1v) is 6.05. The highest BCUT2D eigenvalue weighted by atomic mass is 35.5. The van der Waals surface area contributed by atoms with Crippen molar-refractivity contribution < 1.29 is 14.5 Å². The Morgan fingerprint density at radius 3 is 2.47 bits per heavy atom. The molecular formula is C13H9BClNO3. The van der Waals surface area contributed by atoms with Gasteiger partial charge in [-0.15, -0.1) is 0 Å². The zero-order valence-electron chi connectivity index (χ0n) is 9.75. The maximum atomic E-state index is 9.32. The van der Waals surface area contributed by atoms with Gasteiger partial charge in [0.1, 0.15) is 5.52 Å². The van der Waals surface area contributed by atoms with Crippen LogP contribution in [0.3, 0.4) is 0 Å². The Morgan fingerprint density at radius 1 is 1.05 bits per heavy atom. The number of halogens is 1. The number of hydrogen-bond donors (Lipinski definition) is 2. The molecule has 6 heteroatoms. The van der Waals surface area contributed by atoms with Gasteiger partial charge in [-0.3, -0.25) is 0 Å².